The predicted octanol–water partition coefficient (Wildman–Crippen LogP) is 3.19. The zero-order valence-electron chi connectivity index (χ0n) is 11.5. The van der Waals surface area contributed by atoms with Gasteiger partial charge in [0.05, 0.1) is 11.6 Å². The lowest BCUT2D eigenvalue weighted by Crippen LogP contribution is -2.33. The minimum absolute atomic E-state index is 0.415. The van der Waals surface area contributed by atoms with Crippen LogP contribution < -0.4 is 10.2 Å². The second-order valence-corrected chi connectivity index (χ2v) is 5.18. The third kappa shape index (κ3) is 2.38. The van der Waals surface area contributed by atoms with Crippen LogP contribution >= 0.6 is 0 Å². The average Bonchev–Trinajstić information content (AvgIpc) is 2.67. The van der Waals surface area contributed by atoms with E-state index in [1.165, 1.54) is 11.3 Å². The molecule has 2 aromatic carbocycles. The fourth-order valence-corrected chi connectivity index (χ4v) is 2.60. The number of fused-ring (bicyclic) bond motifs is 1. The van der Waals surface area contributed by atoms with Crippen LogP contribution in [0.25, 0.3) is 0 Å². The quantitative estimate of drug-likeness (QED) is 0.858. The fourth-order valence-electron chi connectivity index (χ4n) is 2.60. The van der Waals surface area contributed by atoms with Gasteiger partial charge >= 0.3 is 0 Å². The molecular weight excluding hydrogens is 246 g/mol. The van der Waals surface area contributed by atoms with E-state index in [-0.39, 0.29) is 0 Å². The molecule has 0 bridgehead atoms. The molecule has 3 rings (SSSR count). The van der Waals surface area contributed by atoms with E-state index in [1.54, 1.807) is 0 Å². The number of hydrogen-bond acceptors (Lipinski definition) is 3. The Kier molecular flexibility index (Phi) is 3.41. The van der Waals surface area contributed by atoms with Crippen molar-refractivity contribution in [2.45, 2.75) is 19.5 Å². The highest BCUT2D eigenvalue weighted by Gasteiger charge is 2.19. The lowest BCUT2D eigenvalue weighted by molar-refractivity contribution is 0.568. The summed E-state index contributed by atoms with van der Waals surface area (Å²) >= 11 is 0. The zero-order chi connectivity index (χ0) is 13.9. The van der Waals surface area contributed by atoms with Crippen LogP contribution in [0.15, 0.2) is 48.5 Å². The van der Waals surface area contributed by atoms with Crippen molar-refractivity contribution < 1.29 is 0 Å². The Morgan fingerprint density at radius 3 is 2.65 bits per heavy atom. The fraction of sp³-hybridized carbons (Fsp3) is 0.235. The molecule has 0 saturated carbocycles. The maximum absolute atomic E-state index is 8.91. The Bertz CT molecular complexity index is 640. The van der Waals surface area contributed by atoms with E-state index < -0.39 is 0 Å². The number of para-hydroxylation sites is 1. The molecule has 3 nitrogen and oxygen atoms in total. The highest BCUT2D eigenvalue weighted by atomic mass is 15.2. The Balaban J connectivity index is 2.03. The molecule has 20 heavy (non-hydrogen) atoms. The third-order valence-electron chi connectivity index (χ3n) is 3.69. The molecule has 0 spiro atoms. The summed E-state index contributed by atoms with van der Waals surface area (Å²) in [7, 11) is 0. The number of benzene rings is 2. The molecule has 3 heteroatoms. The van der Waals surface area contributed by atoms with Crippen molar-refractivity contribution >= 4 is 11.4 Å². The third-order valence-corrected chi connectivity index (χ3v) is 3.69. The Morgan fingerprint density at radius 1 is 1.15 bits per heavy atom. The van der Waals surface area contributed by atoms with E-state index in [0.717, 1.165) is 18.8 Å². The molecule has 0 radical (unpaired) electrons. The molecule has 1 aliphatic heterocycles. The lowest BCUT2D eigenvalue weighted by Gasteiger charge is -2.26. The van der Waals surface area contributed by atoms with Crippen molar-refractivity contribution in [3.8, 4) is 6.07 Å². The highest BCUT2D eigenvalue weighted by molar-refractivity contribution is 5.67. The molecule has 1 atom stereocenters. The second kappa shape index (κ2) is 5.36. The summed E-state index contributed by atoms with van der Waals surface area (Å²) in [6, 6.07) is 18.9. The van der Waals surface area contributed by atoms with Crippen LogP contribution in [-0.4, -0.2) is 12.6 Å². The number of rotatable bonds is 1. The van der Waals surface area contributed by atoms with Gasteiger partial charge in [-0.15, -0.1) is 0 Å². The van der Waals surface area contributed by atoms with Gasteiger partial charge in [-0.3, -0.25) is 0 Å². The number of hydrogen-bond donors (Lipinski definition) is 1. The summed E-state index contributed by atoms with van der Waals surface area (Å²) < 4.78 is 0. The molecule has 100 valence electrons. The van der Waals surface area contributed by atoms with Crippen LogP contribution in [0.2, 0.25) is 0 Å². The first-order valence-electron chi connectivity index (χ1n) is 6.87. The maximum Gasteiger partial charge on any atom is 0.0991 e. The van der Waals surface area contributed by atoms with Crippen molar-refractivity contribution in [1.82, 2.24) is 5.32 Å². The monoisotopic (exact) mass is 263 g/mol. The van der Waals surface area contributed by atoms with Crippen molar-refractivity contribution in [2.75, 3.05) is 11.4 Å². The molecule has 0 saturated heterocycles. The average molecular weight is 263 g/mol. The standard InChI is InChI=1S/C17H17N3/c1-13-12-20(16-8-6-14(10-18)7-9-16)17-5-3-2-4-15(17)11-19-13/h2-9,13,19H,11-12H2,1H3. The van der Waals surface area contributed by atoms with Gasteiger partial charge in [0.2, 0.25) is 0 Å². The van der Waals surface area contributed by atoms with Crippen LogP contribution in [0.4, 0.5) is 11.4 Å². The molecule has 1 heterocycles. The molecule has 1 unspecified atom stereocenters. The summed E-state index contributed by atoms with van der Waals surface area (Å²) in [6.07, 6.45) is 0. The second-order valence-electron chi connectivity index (χ2n) is 5.18. The molecular formula is C17H17N3. The van der Waals surface area contributed by atoms with Crippen LogP contribution in [0, 0.1) is 11.3 Å². The maximum atomic E-state index is 8.91. The summed E-state index contributed by atoms with van der Waals surface area (Å²) in [5, 5.41) is 12.4. The van der Waals surface area contributed by atoms with Gasteiger partial charge in [0.1, 0.15) is 0 Å². The van der Waals surface area contributed by atoms with Gasteiger partial charge < -0.3 is 10.2 Å². The first-order chi connectivity index (χ1) is 9.78. The Labute approximate surface area is 119 Å². The number of nitrogens with one attached hydrogen (secondary N) is 1. The minimum atomic E-state index is 0.415. The van der Waals surface area contributed by atoms with Gasteiger partial charge in [-0.25, -0.2) is 0 Å². The summed E-state index contributed by atoms with van der Waals surface area (Å²) in [4.78, 5) is 2.32. The van der Waals surface area contributed by atoms with Crippen LogP contribution in [0.5, 0.6) is 0 Å². The van der Waals surface area contributed by atoms with Crippen molar-refractivity contribution in [3.63, 3.8) is 0 Å². The smallest absolute Gasteiger partial charge is 0.0991 e. The van der Waals surface area contributed by atoms with Gasteiger partial charge in [0.25, 0.3) is 0 Å². The van der Waals surface area contributed by atoms with Gasteiger partial charge in [0.15, 0.2) is 0 Å². The molecule has 0 aromatic heterocycles. The topological polar surface area (TPSA) is 39.1 Å². The van der Waals surface area contributed by atoms with Crippen LogP contribution in [-0.2, 0) is 6.54 Å². The van der Waals surface area contributed by atoms with E-state index in [4.69, 9.17) is 5.26 Å². The predicted molar refractivity (Wildman–Crippen MR) is 80.9 cm³/mol. The van der Waals surface area contributed by atoms with E-state index in [0.29, 0.717) is 11.6 Å². The number of nitriles is 1. The molecule has 0 fully saturated rings. The normalized spacial score (nSPS) is 18.0. The molecule has 2 aromatic rings. The molecule has 0 aliphatic carbocycles. The van der Waals surface area contributed by atoms with Gasteiger partial charge in [-0.05, 0) is 42.8 Å². The van der Waals surface area contributed by atoms with Gasteiger partial charge in [0, 0.05) is 30.5 Å². The van der Waals surface area contributed by atoms with Crippen LogP contribution in [0.3, 0.4) is 0 Å². The van der Waals surface area contributed by atoms with E-state index in [1.807, 2.05) is 24.3 Å². The van der Waals surface area contributed by atoms with E-state index in [2.05, 4.69) is 47.5 Å². The van der Waals surface area contributed by atoms with E-state index in [9.17, 15) is 0 Å². The first-order valence-corrected chi connectivity index (χ1v) is 6.87. The minimum Gasteiger partial charge on any atom is -0.340 e. The van der Waals surface area contributed by atoms with Crippen molar-refractivity contribution in [3.05, 3.63) is 59.7 Å². The molecule has 1 N–H and O–H groups in total. The summed E-state index contributed by atoms with van der Waals surface area (Å²) in [5.74, 6) is 0. The van der Waals surface area contributed by atoms with E-state index >= 15 is 0 Å². The van der Waals surface area contributed by atoms with Crippen LogP contribution in [0.1, 0.15) is 18.1 Å². The summed E-state index contributed by atoms with van der Waals surface area (Å²) in [6.45, 7) is 4.01. The SMILES string of the molecule is CC1CN(c2ccc(C#N)cc2)c2ccccc2CN1. The largest absolute Gasteiger partial charge is 0.340 e. The Hall–Kier alpha value is -2.31. The number of nitrogens with zero attached hydrogens (tertiary/aromatic N) is 2. The highest BCUT2D eigenvalue weighted by Crippen LogP contribution is 2.30. The van der Waals surface area contributed by atoms with Gasteiger partial charge in [-0.1, -0.05) is 18.2 Å². The van der Waals surface area contributed by atoms with Crippen molar-refractivity contribution in [2.24, 2.45) is 0 Å². The first kappa shape index (κ1) is 12.7. The Morgan fingerprint density at radius 2 is 1.90 bits per heavy atom. The summed E-state index contributed by atoms with van der Waals surface area (Å²) in [5.41, 5.74) is 4.38. The molecule has 1 aliphatic rings. The van der Waals surface area contributed by atoms with Gasteiger partial charge in [-0.2, -0.15) is 5.26 Å². The molecule has 0 amide bonds. The number of anilines is 2. The zero-order valence-corrected chi connectivity index (χ0v) is 11.5. The lowest BCUT2D eigenvalue weighted by atomic mass is 10.1. The van der Waals surface area contributed by atoms with Crippen molar-refractivity contribution in [1.29, 1.82) is 5.26 Å².